The van der Waals surface area contributed by atoms with E-state index in [0.29, 0.717) is 0 Å². The van der Waals surface area contributed by atoms with E-state index in [-0.39, 0.29) is 0 Å². The fraction of sp³-hybridized carbons (Fsp3) is 0. The second-order valence-corrected chi connectivity index (χ2v) is 22.5. The van der Waals surface area contributed by atoms with Crippen LogP contribution < -0.4 is 0 Å². The molecule has 0 N–H and O–H groups in total. The Morgan fingerprint density at radius 3 is 1.19 bits per heavy atom. The lowest BCUT2D eigenvalue weighted by atomic mass is 9.83. The van der Waals surface area contributed by atoms with Crippen LogP contribution in [0.15, 0.2) is 300 Å². The van der Waals surface area contributed by atoms with Crippen molar-refractivity contribution in [1.82, 2.24) is 0 Å². The third kappa shape index (κ3) is 7.04. The van der Waals surface area contributed by atoms with E-state index in [0.717, 1.165) is 82.5 Å². The molecule has 0 fully saturated rings. The molecule has 2 aromatic heterocycles. The molecule has 16 aromatic carbocycles. The molecule has 84 heavy (non-hydrogen) atoms. The van der Waals surface area contributed by atoms with Crippen LogP contribution in [0.5, 0.6) is 0 Å². The zero-order valence-corrected chi connectivity index (χ0v) is 45.5. The molecule has 18 aromatic rings. The Morgan fingerprint density at radius 2 is 0.548 bits per heavy atom. The van der Waals surface area contributed by atoms with Gasteiger partial charge in [-0.25, -0.2) is 0 Å². The van der Waals surface area contributed by atoms with E-state index < -0.39 is 0 Å². The van der Waals surface area contributed by atoms with Crippen LogP contribution in [0.2, 0.25) is 0 Å². The van der Waals surface area contributed by atoms with Crippen LogP contribution in [0.25, 0.3) is 186 Å². The lowest BCUT2D eigenvalue weighted by molar-refractivity contribution is 0.672. The minimum Gasteiger partial charge on any atom is -0.455 e. The van der Waals surface area contributed by atoms with Gasteiger partial charge in [-0.1, -0.05) is 243 Å². The Hall–Kier alpha value is -11.1. The van der Waals surface area contributed by atoms with Crippen molar-refractivity contribution < 1.29 is 8.83 Å². The van der Waals surface area contributed by atoms with Crippen molar-refractivity contribution >= 4 is 119 Å². The average Bonchev–Trinajstić information content (AvgIpc) is 3.03. The number of furan rings is 2. The Labute approximate surface area is 483 Å². The molecule has 0 radical (unpaired) electrons. The molecule has 0 unspecified atom stereocenters. The molecule has 18 rings (SSSR count). The maximum absolute atomic E-state index is 6.91. The molecule has 0 saturated heterocycles. The van der Waals surface area contributed by atoms with E-state index in [2.05, 4.69) is 291 Å². The topological polar surface area (TPSA) is 26.3 Å². The van der Waals surface area contributed by atoms with Crippen molar-refractivity contribution in [2.45, 2.75) is 0 Å². The van der Waals surface area contributed by atoms with Crippen LogP contribution >= 0.6 is 0 Å². The minimum atomic E-state index is 0.878. The van der Waals surface area contributed by atoms with E-state index >= 15 is 0 Å². The first-order valence-electron chi connectivity index (χ1n) is 29.0. The molecule has 2 heteroatoms. The Bertz CT molecular complexity index is 5780. The number of hydrogen-bond donors (Lipinski definition) is 0. The van der Waals surface area contributed by atoms with Gasteiger partial charge in [0.1, 0.15) is 22.3 Å². The lowest BCUT2D eigenvalue weighted by Gasteiger charge is -2.20. The second kappa shape index (κ2) is 18.2. The predicted octanol–water partition coefficient (Wildman–Crippen LogP) is 23.6. The lowest BCUT2D eigenvalue weighted by Crippen LogP contribution is -1.93. The maximum Gasteiger partial charge on any atom is 0.143 e. The molecule has 2 nitrogen and oxygen atoms in total. The molecular weight excluding hydrogens is 1020 g/mol. The van der Waals surface area contributed by atoms with Gasteiger partial charge in [0, 0.05) is 32.3 Å². The largest absolute Gasteiger partial charge is 0.455 e. The Morgan fingerprint density at radius 1 is 0.167 bits per heavy atom. The van der Waals surface area contributed by atoms with Gasteiger partial charge in [0.2, 0.25) is 0 Å². The van der Waals surface area contributed by atoms with Crippen molar-refractivity contribution in [1.29, 1.82) is 0 Å². The molecular formula is C82H48O2. The van der Waals surface area contributed by atoms with Crippen molar-refractivity contribution in [3.05, 3.63) is 291 Å². The molecule has 0 aliphatic carbocycles. The van der Waals surface area contributed by atoms with Crippen LogP contribution in [0.3, 0.4) is 0 Å². The smallest absolute Gasteiger partial charge is 0.143 e. The van der Waals surface area contributed by atoms with E-state index in [1.807, 2.05) is 0 Å². The molecule has 0 saturated carbocycles. The van der Waals surface area contributed by atoms with Crippen LogP contribution in [0.1, 0.15) is 0 Å². The maximum atomic E-state index is 6.91. The summed E-state index contributed by atoms with van der Waals surface area (Å²) < 4.78 is 13.4. The summed E-state index contributed by atoms with van der Waals surface area (Å²) in [6.07, 6.45) is 0. The summed E-state index contributed by atoms with van der Waals surface area (Å²) in [6, 6.07) is 107. The fourth-order valence-electron chi connectivity index (χ4n) is 14.2. The first-order valence-corrected chi connectivity index (χ1v) is 29.0. The van der Waals surface area contributed by atoms with Crippen molar-refractivity contribution in [3.63, 3.8) is 0 Å². The highest BCUT2D eigenvalue weighted by atomic mass is 16.3. The predicted molar refractivity (Wildman–Crippen MR) is 356 cm³/mol. The number of fused-ring (bicyclic) bond motifs is 15. The summed E-state index contributed by atoms with van der Waals surface area (Å²) in [7, 11) is 0. The molecule has 0 atom stereocenters. The minimum absolute atomic E-state index is 0.878. The van der Waals surface area contributed by atoms with Crippen LogP contribution in [0.4, 0.5) is 0 Å². The molecule has 388 valence electrons. The summed E-state index contributed by atoms with van der Waals surface area (Å²) >= 11 is 0. The standard InChI is InChI=1S/C82H48O2/c1-2-18-53(19-3-1)77-64-24-10-11-25-65(64)78(54-31-29-49(30-32-54)55-38-44-75-72(45-55)71-43-34-52-17-6-9-23-61(52)82(71)83-75)73-46-56(35-40-68(73)77)57-36-41-69-74(47-57)79(58-37-39-62-70-42-33-51-16-5-8-22-60(51)81(70)84-76(62)48-58)66-26-12-13-27-67(66)80(69)63-28-14-20-50-15-4-7-21-59(50)63/h1-48H. The number of benzene rings is 16. The fourth-order valence-corrected chi connectivity index (χ4v) is 14.2. The van der Waals surface area contributed by atoms with Crippen molar-refractivity contribution in [2.24, 2.45) is 0 Å². The van der Waals surface area contributed by atoms with Crippen molar-refractivity contribution in [3.8, 4) is 66.8 Å². The van der Waals surface area contributed by atoms with Crippen LogP contribution in [-0.2, 0) is 0 Å². The summed E-state index contributed by atoms with van der Waals surface area (Å²) in [4.78, 5) is 0. The van der Waals surface area contributed by atoms with E-state index in [9.17, 15) is 0 Å². The van der Waals surface area contributed by atoms with Crippen LogP contribution in [0, 0.1) is 0 Å². The summed E-state index contributed by atoms with van der Waals surface area (Å²) in [5.74, 6) is 0. The van der Waals surface area contributed by atoms with E-state index in [1.165, 1.54) is 104 Å². The summed E-state index contributed by atoms with van der Waals surface area (Å²) in [5.41, 5.74) is 17.8. The second-order valence-electron chi connectivity index (χ2n) is 22.5. The first-order chi connectivity index (χ1) is 41.6. The van der Waals surface area contributed by atoms with Gasteiger partial charge in [0.15, 0.2) is 0 Å². The quantitative estimate of drug-likeness (QED) is 0.155. The van der Waals surface area contributed by atoms with Gasteiger partial charge in [0.05, 0.1) is 0 Å². The van der Waals surface area contributed by atoms with E-state index in [4.69, 9.17) is 8.83 Å². The first kappa shape index (κ1) is 46.7. The van der Waals surface area contributed by atoms with Gasteiger partial charge in [-0.3, -0.25) is 0 Å². The highest BCUT2D eigenvalue weighted by molar-refractivity contribution is 6.26. The van der Waals surface area contributed by atoms with Gasteiger partial charge >= 0.3 is 0 Å². The zero-order valence-electron chi connectivity index (χ0n) is 45.5. The van der Waals surface area contributed by atoms with Gasteiger partial charge in [-0.05, 0) is 180 Å². The average molecular weight is 1070 g/mol. The molecule has 0 amide bonds. The van der Waals surface area contributed by atoms with Crippen LogP contribution in [-0.4, -0.2) is 0 Å². The monoisotopic (exact) mass is 1060 g/mol. The highest BCUT2D eigenvalue weighted by Gasteiger charge is 2.23. The third-order valence-electron chi connectivity index (χ3n) is 18.0. The normalized spacial score (nSPS) is 12.0. The Kier molecular flexibility index (Phi) is 10.1. The highest BCUT2D eigenvalue weighted by Crippen LogP contribution is 2.50. The van der Waals surface area contributed by atoms with Crippen molar-refractivity contribution in [2.75, 3.05) is 0 Å². The molecule has 0 bridgehead atoms. The number of rotatable bonds is 6. The summed E-state index contributed by atoms with van der Waals surface area (Å²) in [5, 5.41) is 21.2. The zero-order chi connectivity index (χ0) is 55.0. The van der Waals surface area contributed by atoms with Gasteiger partial charge in [-0.15, -0.1) is 0 Å². The Balaban J connectivity index is 0.859. The summed E-state index contributed by atoms with van der Waals surface area (Å²) in [6.45, 7) is 0. The van der Waals surface area contributed by atoms with Gasteiger partial charge in [-0.2, -0.15) is 0 Å². The molecule has 0 spiro atoms. The molecule has 0 aliphatic heterocycles. The SMILES string of the molecule is c1ccc(-c2c3ccccc3c(-c3ccc(-c4ccc5oc6c7ccccc7ccc6c5c4)cc3)c3cc(-c4ccc5c(-c6cccc7ccccc67)c6ccccc6c(-c6ccc7c(c6)oc6c8ccccc8ccc76)c5c4)ccc23)cc1. The van der Waals surface area contributed by atoms with E-state index in [1.54, 1.807) is 0 Å². The number of hydrogen-bond acceptors (Lipinski definition) is 2. The molecule has 0 aliphatic rings. The van der Waals surface area contributed by atoms with Gasteiger partial charge < -0.3 is 8.83 Å². The van der Waals surface area contributed by atoms with Gasteiger partial charge in [0.25, 0.3) is 0 Å². The third-order valence-corrected chi connectivity index (χ3v) is 18.0. The molecule has 2 heterocycles.